The van der Waals surface area contributed by atoms with E-state index in [0.717, 1.165) is 0 Å². The van der Waals surface area contributed by atoms with E-state index < -0.39 is 35.8 Å². The standard InChI is InChI=1S/C30H40N6O8/c1-3-43-29(41)23-11-7-15-35(23)25(37)19-33-13-5-9-21(17-33)27(39)31-32-28(40)22-10-6-14-34(18-22)20-26(38)36-16-8-12-24(36)30(42)44-4-2/h5-6,13-14,17-18,23-24H,3-4,7-12,15-16,19-20H2,1-2H3,(H,31,39)(H,32,40). The van der Waals surface area contributed by atoms with Crippen LogP contribution in [-0.2, 0) is 38.2 Å². The van der Waals surface area contributed by atoms with Crippen LogP contribution >= 0.6 is 0 Å². The lowest BCUT2D eigenvalue weighted by atomic mass is 10.1. The lowest BCUT2D eigenvalue weighted by Crippen LogP contribution is -2.46. The number of likely N-dealkylation sites (tertiary alicyclic amines) is 2. The van der Waals surface area contributed by atoms with Crippen LogP contribution in [0.15, 0.2) is 48.1 Å². The number of amides is 4. The zero-order valence-electron chi connectivity index (χ0n) is 25.2. The van der Waals surface area contributed by atoms with Crippen LogP contribution in [0.4, 0.5) is 0 Å². The predicted octanol–water partition coefficient (Wildman–Crippen LogP) is 0.449. The lowest BCUT2D eigenvalue weighted by molar-refractivity contribution is -0.153. The Bertz CT molecular complexity index is 1180. The summed E-state index contributed by atoms with van der Waals surface area (Å²) in [5.41, 5.74) is 5.48. The molecule has 0 aromatic carbocycles. The van der Waals surface area contributed by atoms with Crippen LogP contribution in [0.5, 0.6) is 0 Å². The van der Waals surface area contributed by atoms with E-state index in [1.807, 2.05) is 0 Å². The second-order valence-corrected chi connectivity index (χ2v) is 10.7. The summed E-state index contributed by atoms with van der Waals surface area (Å²) in [5.74, 6) is -2.40. The average molecular weight is 613 g/mol. The summed E-state index contributed by atoms with van der Waals surface area (Å²) in [6.07, 6.45) is 13.0. The Hall–Kier alpha value is -4.62. The zero-order valence-corrected chi connectivity index (χ0v) is 25.2. The topological polar surface area (TPSA) is 158 Å². The van der Waals surface area contributed by atoms with Gasteiger partial charge < -0.3 is 29.1 Å². The summed E-state index contributed by atoms with van der Waals surface area (Å²) in [6, 6.07) is -1.20. The monoisotopic (exact) mass is 612 g/mol. The molecular weight excluding hydrogens is 572 g/mol. The van der Waals surface area contributed by atoms with Crippen molar-refractivity contribution >= 4 is 35.6 Å². The van der Waals surface area contributed by atoms with Gasteiger partial charge in [0, 0.05) is 49.0 Å². The molecule has 0 radical (unpaired) electrons. The Labute approximate surface area is 256 Å². The van der Waals surface area contributed by atoms with Crippen molar-refractivity contribution in [3.8, 4) is 0 Å². The van der Waals surface area contributed by atoms with E-state index in [-0.39, 0.29) is 38.1 Å². The summed E-state index contributed by atoms with van der Waals surface area (Å²) in [5, 5.41) is 0. The van der Waals surface area contributed by atoms with Crippen LogP contribution in [0.2, 0.25) is 0 Å². The maximum absolute atomic E-state index is 12.9. The highest BCUT2D eigenvalue weighted by molar-refractivity contribution is 5.99. The highest BCUT2D eigenvalue weighted by atomic mass is 16.5. The minimum absolute atomic E-state index is 0.0543. The summed E-state index contributed by atoms with van der Waals surface area (Å²) in [7, 11) is 0. The fraction of sp³-hybridized carbons (Fsp3) is 0.533. The van der Waals surface area contributed by atoms with Gasteiger partial charge in [0.25, 0.3) is 11.8 Å². The molecule has 0 saturated carbocycles. The molecule has 4 aliphatic rings. The van der Waals surface area contributed by atoms with E-state index in [9.17, 15) is 28.8 Å². The molecular formula is C30H40N6O8. The third-order valence-electron chi connectivity index (χ3n) is 7.68. The molecule has 4 rings (SSSR count). The molecule has 0 spiro atoms. The van der Waals surface area contributed by atoms with Crippen LogP contribution in [0.25, 0.3) is 0 Å². The average Bonchev–Trinajstić information content (AvgIpc) is 3.71. The Morgan fingerprint density at radius 3 is 1.50 bits per heavy atom. The van der Waals surface area contributed by atoms with Crippen LogP contribution in [0.1, 0.15) is 52.4 Å². The number of hydrogen-bond donors (Lipinski definition) is 2. The first kappa shape index (κ1) is 32.3. The second kappa shape index (κ2) is 15.2. The molecule has 4 heterocycles. The normalized spacial score (nSPS) is 21.0. The minimum Gasteiger partial charge on any atom is -0.464 e. The molecule has 2 atom stereocenters. The second-order valence-electron chi connectivity index (χ2n) is 10.7. The van der Waals surface area contributed by atoms with E-state index in [2.05, 4.69) is 10.9 Å². The van der Waals surface area contributed by atoms with Gasteiger partial charge in [-0.15, -0.1) is 0 Å². The molecule has 238 valence electrons. The van der Waals surface area contributed by atoms with Gasteiger partial charge in [-0.2, -0.15) is 0 Å². The number of esters is 2. The Kier molecular flexibility index (Phi) is 11.2. The van der Waals surface area contributed by atoms with Crippen molar-refractivity contribution in [2.45, 2.75) is 64.5 Å². The van der Waals surface area contributed by atoms with Crippen molar-refractivity contribution in [1.82, 2.24) is 30.5 Å². The van der Waals surface area contributed by atoms with Crippen molar-refractivity contribution < 1.29 is 38.2 Å². The highest BCUT2D eigenvalue weighted by Crippen LogP contribution is 2.22. The number of ether oxygens (including phenoxy) is 2. The molecule has 44 heavy (non-hydrogen) atoms. The predicted molar refractivity (Wildman–Crippen MR) is 156 cm³/mol. The van der Waals surface area contributed by atoms with Crippen LogP contribution in [0, 0.1) is 0 Å². The van der Waals surface area contributed by atoms with E-state index in [0.29, 0.717) is 62.8 Å². The summed E-state index contributed by atoms with van der Waals surface area (Å²) >= 11 is 0. The first-order valence-electron chi connectivity index (χ1n) is 15.0. The molecule has 14 heteroatoms. The van der Waals surface area contributed by atoms with Crippen molar-refractivity contribution in [3.63, 3.8) is 0 Å². The van der Waals surface area contributed by atoms with Crippen LogP contribution < -0.4 is 10.9 Å². The highest BCUT2D eigenvalue weighted by Gasteiger charge is 2.36. The molecule has 2 fully saturated rings. The van der Waals surface area contributed by atoms with Crippen molar-refractivity contribution in [2.75, 3.05) is 39.4 Å². The van der Waals surface area contributed by atoms with Gasteiger partial charge in [-0.3, -0.25) is 30.0 Å². The largest absolute Gasteiger partial charge is 0.464 e. The zero-order chi connectivity index (χ0) is 31.6. The van der Waals surface area contributed by atoms with Crippen molar-refractivity contribution in [2.24, 2.45) is 0 Å². The first-order valence-corrected chi connectivity index (χ1v) is 15.0. The van der Waals surface area contributed by atoms with Gasteiger partial charge in [0.15, 0.2) is 0 Å². The fourth-order valence-electron chi connectivity index (χ4n) is 5.59. The third-order valence-corrected chi connectivity index (χ3v) is 7.68. The molecule has 4 aliphatic heterocycles. The molecule has 4 amide bonds. The number of allylic oxidation sites excluding steroid dienone is 2. The summed E-state index contributed by atoms with van der Waals surface area (Å²) < 4.78 is 10.2. The van der Waals surface area contributed by atoms with Crippen LogP contribution in [0.3, 0.4) is 0 Å². The van der Waals surface area contributed by atoms with E-state index in [1.54, 1.807) is 48.2 Å². The smallest absolute Gasteiger partial charge is 0.328 e. The van der Waals surface area contributed by atoms with E-state index in [4.69, 9.17) is 9.47 Å². The van der Waals surface area contributed by atoms with Crippen LogP contribution in [-0.4, -0.2) is 107 Å². The number of hydrogen-bond acceptors (Lipinski definition) is 10. The molecule has 2 saturated heterocycles. The maximum Gasteiger partial charge on any atom is 0.328 e. The molecule has 0 bridgehead atoms. The van der Waals surface area contributed by atoms with Gasteiger partial charge >= 0.3 is 11.9 Å². The molecule has 0 aromatic heterocycles. The maximum atomic E-state index is 12.9. The Morgan fingerprint density at radius 2 is 1.11 bits per heavy atom. The van der Waals surface area contributed by atoms with E-state index >= 15 is 0 Å². The van der Waals surface area contributed by atoms with Gasteiger partial charge in [0.2, 0.25) is 11.8 Å². The fourth-order valence-corrected chi connectivity index (χ4v) is 5.59. The number of carbonyl (C=O) groups is 6. The quantitative estimate of drug-likeness (QED) is 0.262. The molecule has 0 aliphatic carbocycles. The SMILES string of the molecule is CCOC(=O)C1CCCN1C(=O)CN1C=CCC(C(=O)NNC(=O)C2=CN(CC(=O)N3CCCC3C(=O)OCC)C=CC2)=C1. The minimum atomic E-state index is -0.599. The number of nitrogens with one attached hydrogen (secondary N) is 2. The Balaban J connectivity index is 1.27. The van der Waals surface area contributed by atoms with Gasteiger partial charge in [-0.1, -0.05) is 12.2 Å². The number of nitrogens with zero attached hydrogens (tertiary/aromatic N) is 4. The number of rotatable bonds is 10. The van der Waals surface area contributed by atoms with Gasteiger partial charge in [0.1, 0.15) is 25.2 Å². The third kappa shape index (κ3) is 8.05. The van der Waals surface area contributed by atoms with Gasteiger partial charge in [-0.25, -0.2) is 9.59 Å². The summed E-state index contributed by atoms with van der Waals surface area (Å²) in [4.78, 5) is 82.1. The van der Waals surface area contributed by atoms with E-state index in [1.165, 1.54) is 22.2 Å². The number of hydrazine groups is 1. The Morgan fingerprint density at radius 1 is 0.705 bits per heavy atom. The molecule has 0 aromatic rings. The molecule has 14 nitrogen and oxygen atoms in total. The van der Waals surface area contributed by atoms with Gasteiger partial charge in [0.05, 0.1) is 13.2 Å². The molecule has 2 unspecified atom stereocenters. The molecule has 2 N–H and O–H groups in total. The van der Waals surface area contributed by atoms with Crippen molar-refractivity contribution in [3.05, 3.63) is 48.1 Å². The lowest BCUT2D eigenvalue weighted by Gasteiger charge is -2.27. The number of carbonyl (C=O) groups excluding carboxylic acids is 6. The summed E-state index contributed by atoms with van der Waals surface area (Å²) in [6.45, 7) is 4.75. The van der Waals surface area contributed by atoms with Gasteiger partial charge in [-0.05, 0) is 52.4 Å². The first-order chi connectivity index (χ1) is 21.2. The van der Waals surface area contributed by atoms with Crippen molar-refractivity contribution in [1.29, 1.82) is 0 Å².